The molecule has 1 rings (SSSR count). The Morgan fingerprint density at radius 1 is 1.23 bits per heavy atom. The number of carbonyl (C=O) groups is 1. The number of carbonyl (C=O) groups excluding carboxylic acids is 1. The zero-order valence-corrected chi connectivity index (χ0v) is 13.9. The molecule has 22 heavy (non-hydrogen) atoms. The van der Waals surface area contributed by atoms with Crippen LogP contribution in [0.4, 0.5) is 4.39 Å². The molecule has 0 aliphatic carbocycles. The molecule has 0 spiro atoms. The van der Waals surface area contributed by atoms with E-state index < -0.39 is 21.7 Å². The topological polar surface area (TPSA) is 69.7 Å². The summed E-state index contributed by atoms with van der Waals surface area (Å²) in [5, 5.41) is 2.53. The average Bonchev–Trinajstić information content (AvgIpc) is 2.41. The molecule has 8 heteroatoms. The lowest BCUT2D eigenvalue weighted by atomic mass is 10.2. The first-order valence-electron chi connectivity index (χ1n) is 6.80. The Balaban J connectivity index is 2.58. The minimum Gasteiger partial charge on any atom is -0.351 e. The summed E-state index contributed by atoms with van der Waals surface area (Å²) in [4.78, 5) is 13.7. The summed E-state index contributed by atoms with van der Waals surface area (Å²) in [6.07, 6.45) is 1.06. The van der Waals surface area contributed by atoms with E-state index in [4.69, 9.17) is 0 Å². The number of hydrogen-bond acceptors (Lipinski definition) is 4. The number of halogens is 1. The first-order chi connectivity index (χ1) is 10.2. The summed E-state index contributed by atoms with van der Waals surface area (Å²) in [5.74, 6) is -0.872. The minimum atomic E-state index is -3.48. The van der Waals surface area contributed by atoms with Gasteiger partial charge in [0, 0.05) is 25.2 Å². The number of rotatable bonds is 8. The molecule has 124 valence electrons. The molecule has 0 bridgehead atoms. The van der Waals surface area contributed by atoms with Gasteiger partial charge in [-0.25, -0.2) is 12.8 Å². The summed E-state index contributed by atoms with van der Waals surface area (Å²) in [7, 11) is 0.161. The van der Waals surface area contributed by atoms with Crippen molar-refractivity contribution in [2.45, 2.75) is 6.54 Å². The van der Waals surface area contributed by atoms with Crippen molar-refractivity contribution in [2.75, 3.05) is 40.0 Å². The van der Waals surface area contributed by atoms with Crippen LogP contribution in [0, 0.1) is 5.82 Å². The van der Waals surface area contributed by atoms with Gasteiger partial charge in [-0.2, -0.15) is 4.31 Å². The Kier molecular flexibility index (Phi) is 6.92. The molecule has 0 saturated heterocycles. The van der Waals surface area contributed by atoms with Gasteiger partial charge in [0.25, 0.3) is 0 Å². The Labute approximate surface area is 131 Å². The highest BCUT2D eigenvalue weighted by molar-refractivity contribution is 7.88. The summed E-state index contributed by atoms with van der Waals surface area (Å²) in [5.41, 5.74) is 0.357. The molecule has 1 aromatic carbocycles. The van der Waals surface area contributed by atoms with Gasteiger partial charge in [-0.15, -0.1) is 0 Å². The largest absolute Gasteiger partial charge is 0.351 e. The second-order valence-electron chi connectivity index (χ2n) is 5.27. The third-order valence-electron chi connectivity index (χ3n) is 3.02. The van der Waals surface area contributed by atoms with Gasteiger partial charge < -0.3 is 10.2 Å². The fourth-order valence-electron chi connectivity index (χ4n) is 1.73. The standard InChI is InChI=1S/C14H22FN3O3S/c1-17(2)8-9-18(22(3,20)21)11-14(19)16-10-12-6-4-5-7-13(12)15/h4-7H,8-11H2,1-3H3,(H,16,19). The van der Waals surface area contributed by atoms with Crippen LogP contribution in [0.25, 0.3) is 0 Å². The van der Waals surface area contributed by atoms with E-state index >= 15 is 0 Å². The van der Waals surface area contributed by atoms with E-state index in [-0.39, 0.29) is 19.6 Å². The van der Waals surface area contributed by atoms with Crippen LogP contribution in [0.15, 0.2) is 24.3 Å². The van der Waals surface area contributed by atoms with Gasteiger partial charge >= 0.3 is 0 Å². The van der Waals surface area contributed by atoms with Crippen LogP contribution in [-0.4, -0.2) is 63.5 Å². The molecule has 0 aliphatic heterocycles. The van der Waals surface area contributed by atoms with Gasteiger partial charge in [0.2, 0.25) is 15.9 Å². The Morgan fingerprint density at radius 2 is 1.86 bits per heavy atom. The van der Waals surface area contributed by atoms with Gasteiger partial charge in [0.15, 0.2) is 0 Å². The second-order valence-corrected chi connectivity index (χ2v) is 7.25. The van der Waals surface area contributed by atoms with Crippen molar-refractivity contribution in [3.05, 3.63) is 35.6 Å². The molecule has 0 heterocycles. The first kappa shape index (κ1) is 18.5. The maximum atomic E-state index is 13.4. The Bertz CT molecular complexity index is 605. The predicted molar refractivity (Wildman–Crippen MR) is 83.2 cm³/mol. The maximum absolute atomic E-state index is 13.4. The van der Waals surface area contributed by atoms with Crippen LogP contribution in [0.1, 0.15) is 5.56 Å². The van der Waals surface area contributed by atoms with E-state index in [2.05, 4.69) is 5.32 Å². The third-order valence-corrected chi connectivity index (χ3v) is 4.27. The van der Waals surface area contributed by atoms with Crippen LogP contribution in [0.2, 0.25) is 0 Å². The van der Waals surface area contributed by atoms with E-state index in [1.807, 2.05) is 19.0 Å². The fourth-order valence-corrected chi connectivity index (χ4v) is 2.49. The van der Waals surface area contributed by atoms with E-state index in [9.17, 15) is 17.6 Å². The number of likely N-dealkylation sites (N-methyl/N-ethyl adjacent to an activating group) is 1. The first-order valence-corrected chi connectivity index (χ1v) is 8.65. The molecule has 0 aliphatic rings. The Hall–Kier alpha value is -1.51. The molecule has 0 unspecified atom stereocenters. The molecule has 1 amide bonds. The summed E-state index contributed by atoms with van der Waals surface area (Å²) in [6, 6.07) is 6.11. The quantitative estimate of drug-likeness (QED) is 0.742. The molecule has 6 nitrogen and oxygen atoms in total. The SMILES string of the molecule is CN(C)CCN(CC(=O)NCc1ccccc1F)S(C)(=O)=O. The summed E-state index contributed by atoms with van der Waals surface area (Å²) in [6.45, 7) is 0.477. The molecular formula is C14H22FN3O3S. The van der Waals surface area contributed by atoms with Gasteiger partial charge in [-0.05, 0) is 20.2 Å². The van der Waals surface area contributed by atoms with Crippen molar-refractivity contribution in [3.8, 4) is 0 Å². The van der Waals surface area contributed by atoms with E-state index in [1.165, 1.54) is 6.07 Å². The normalized spacial score (nSPS) is 11.9. The van der Waals surface area contributed by atoms with Gasteiger partial charge in [0.1, 0.15) is 5.82 Å². The van der Waals surface area contributed by atoms with E-state index in [1.54, 1.807) is 18.2 Å². The average molecular weight is 331 g/mol. The zero-order chi connectivity index (χ0) is 16.8. The molecule has 0 fully saturated rings. The van der Waals surface area contributed by atoms with E-state index in [0.29, 0.717) is 12.1 Å². The molecule has 1 aromatic rings. The Morgan fingerprint density at radius 3 is 2.41 bits per heavy atom. The van der Waals surface area contributed by atoms with Crippen LogP contribution in [0.5, 0.6) is 0 Å². The summed E-state index contributed by atoms with van der Waals surface area (Å²) < 4.78 is 37.9. The van der Waals surface area contributed by atoms with Gasteiger partial charge in [-0.1, -0.05) is 18.2 Å². The van der Waals surface area contributed by atoms with Crippen molar-refractivity contribution in [2.24, 2.45) is 0 Å². The molecular weight excluding hydrogens is 309 g/mol. The summed E-state index contributed by atoms with van der Waals surface area (Å²) >= 11 is 0. The smallest absolute Gasteiger partial charge is 0.235 e. The number of nitrogens with zero attached hydrogens (tertiary/aromatic N) is 2. The highest BCUT2D eigenvalue weighted by Gasteiger charge is 2.20. The second kappa shape index (κ2) is 8.21. The minimum absolute atomic E-state index is 0.0246. The molecule has 0 aromatic heterocycles. The number of sulfonamides is 1. The number of nitrogens with one attached hydrogen (secondary N) is 1. The fraction of sp³-hybridized carbons (Fsp3) is 0.500. The monoisotopic (exact) mass is 331 g/mol. The van der Waals surface area contributed by atoms with Crippen LogP contribution < -0.4 is 5.32 Å². The zero-order valence-electron chi connectivity index (χ0n) is 13.0. The van der Waals surface area contributed by atoms with Crippen molar-refractivity contribution in [1.29, 1.82) is 0 Å². The van der Waals surface area contributed by atoms with Gasteiger partial charge in [0.05, 0.1) is 12.8 Å². The van der Waals surface area contributed by atoms with Crippen molar-refractivity contribution in [3.63, 3.8) is 0 Å². The number of hydrogen-bond donors (Lipinski definition) is 1. The lowest BCUT2D eigenvalue weighted by Crippen LogP contribution is -2.42. The lowest BCUT2D eigenvalue weighted by molar-refractivity contribution is -0.121. The van der Waals surface area contributed by atoms with E-state index in [0.717, 1.165) is 10.6 Å². The van der Waals surface area contributed by atoms with Crippen LogP contribution >= 0.6 is 0 Å². The predicted octanol–water partition coefficient (Wildman–Crippen LogP) is 0.265. The molecule has 0 atom stereocenters. The van der Waals surface area contributed by atoms with Crippen molar-refractivity contribution >= 4 is 15.9 Å². The van der Waals surface area contributed by atoms with Crippen LogP contribution in [-0.2, 0) is 21.4 Å². The van der Waals surface area contributed by atoms with Gasteiger partial charge in [-0.3, -0.25) is 4.79 Å². The lowest BCUT2D eigenvalue weighted by Gasteiger charge is -2.21. The third kappa shape index (κ3) is 6.50. The number of benzene rings is 1. The van der Waals surface area contributed by atoms with Crippen LogP contribution in [0.3, 0.4) is 0 Å². The molecule has 0 radical (unpaired) electrons. The molecule has 1 N–H and O–H groups in total. The van der Waals surface area contributed by atoms with Crippen molar-refractivity contribution < 1.29 is 17.6 Å². The number of amides is 1. The highest BCUT2D eigenvalue weighted by atomic mass is 32.2. The molecule has 0 saturated carbocycles. The van der Waals surface area contributed by atoms with Crippen molar-refractivity contribution in [1.82, 2.24) is 14.5 Å². The maximum Gasteiger partial charge on any atom is 0.235 e. The highest BCUT2D eigenvalue weighted by Crippen LogP contribution is 2.05.